The third-order valence-corrected chi connectivity index (χ3v) is 6.96. The second kappa shape index (κ2) is 12.1. The number of benzene rings is 3. The lowest BCUT2D eigenvalue weighted by Gasteiger charge is -2.29. The molecule has 5 nitrogen and oxygen atoms in total. The maximum atomic E-state index is 13.3. The van der Waals surface area contributed by atoms with Gasteiger partial charge in [0.1, 0.15) is 6.54 Å². The molecule has 3 aromatic rings. The summed E-state index contributed by atoms with van der Waals surface area (Å²) >= 11 is 7.41. The topological polar surface area (TPSA) is 52.7 Å². The van der Waals surface area contributed by atoms with Crippen molar-refractivity contribution in [3.05, 3.63) is 99.9 Å². The molecule has 0 fully saturated rings. The molecule has 0 aromatic heterocycles. The molecule has 0 bridgehead atoms. The van der Waals surface area contributed by atoms with E-state index in [-0.39, 0.29) is 18.4 Å². The van der Waals surface area contributed by atoms with Gasteiger partial charge in [0.15, 0.2) is 0 Å². The van der Waals surface area contributed by atoms with E-state index in [4.69, 9.17) is 11.6 Å². The van der Waals surface area contributed by atoms with Gasteiger partial charge in [-0.1, -0.05) is 78.0 Å². The van der Waals surface area contributed by atoms with Crippen LogP contribution in [0.2, 0.25) is 5.02 Å². The highest BCUT2D eigenvalue weighted by atomic mass is 35.5. The van der Waals surface area contributed by atoms with Crippen LogP contribution in [0.3, 0.4) is 0 Å². The quantitative estimate of drug-likeness (QED) is 0.310. The van der Waals surface area contributed by atoms with Gasteiger partial charge < -0.3 is 10.2 Å². The van der Waals surface area contributed by atoms with Gasteiger partial charge in [-0.15, -0.1) is 0 Å². The summed E-state index contributed by atoms with van der Waals surface area (Å²) in [5.74, 6) is -0.349. The van der Waals surface area contributed by atoms with Crippen molar-refractivity contribution in [2.45, 2.75) is 17.9 Å². The number of carbonyl (C=O) groups is 2. The van der Waals surface area contributed by atoms with Gasteiger partial charge >= 0.3 is 0 Å². The van der Waals surface area contributed by atoms with E-state index in [0.717, 1.165) is 35.7 Å². The van der Waals surface area contributed by atoms with Gasteiger partial charge in [-0.25, -0.2) is 0 Å². The molecular weight excluding hydrogens is 478 g/mol. The predicted molar refractivity (Wildman–Crippen MR) is 144 cm³/mol. The molecule has 0 saturated heterocycles. The number of hydrogen-bond acceptors (Lipinski definition) is 4. The number of para-hydroxylation sites is 1. The molecule has 0 aliphatic carbocycles. The van der Waals surface area contributed by atoms with Gasteiger partial charge in [-0.3, -0.25) is 14.5 Å². The number of hydrogen-bond donors (Lipinski definition) is 1. The summed E-state index contributed by atoms with van der Waals surface area (Å²) in [7, 11) is 2.07. The number of rotatable bonds is 9. The van der Waals surface area contributed by atoms with E-state index < -0.39 is 0 Å². The molecule has 180 valence electrons. The first-order chi connectivity index (χ1) is 17.0. The molecule has 1 heterocycles. The van der Waals surface area contributed by atoms with Crippen LogP contribution in [0, 0.1) is 0 Å². The van der Waals surface area contributed by atoms with Crippen molar-refractivity contribution in [2.75, 3.05) is 31.6 Å². The summed E-state index contributed by atoms with van der Waals surface area (Å²) in [5, 5.41) is 3.61. The number of anilines is 1. The third-order valence-electron chi connectivity index (χ3n) is 5.64. The van der Waals surface area contributed by atoms with Gasteiger partial charge in [0.25, 0.3) is 5.91 Å². The summed E-state index contributed by atoms with van der Waals surface area (Å²) in [6.45, 7) is 2.28. The fourth-order valence-corrected chi connectivity index (χ4v) is 5.06. The first-order valence-corrected chi connectivity index (χ1v) is 12.7. The minimum atomic E-state index is -0.179. The summed E-state index contributed by atoms with van der Waals surface area (Å²) in [6.07, 6.45) is 2.67. The van der Waals surface area contributed by atoms with E-state index in [1.807, 2.05) is 60.7 Å². The Kier molecular flexibility index (Phi) is 8.64. The van der Waals surface area contributed by atoms with E-state index in [1.165, 1.54) is 17.3 Å². The Morgan fingerprint density at radius 2 is 1.74 bits per heavy atom. The highest BCUT2D eigenvalue weighted by Crippen LogP contribution is 2.41. The molecule has 4 rings (SSSR count). The van der Waals surface area contributed by atoms with Gasteiger partial charge in [-0.2, -0.15) is 0 Å². The molecule has 0 radical (unpaired) electrons. The first kappa shape index (κ1) is 25.0. The number of nitrogens with zero attached hydrogens (tertiary/aromatic N) is 2. The smallest absolute Gasteiger partial charge is 0.265 e. The Balaban J connectivity index is 1.35. The maximum Gasteiger partial charge on any atom is 0.265 e. The van der Waals surface area contributed by atoms with E-state index >= 15 is 0 Å². The molecule has 0 saturated carbocycles. The molecular formula is C28H28ClN3O2S. The van der Waals surface area contributed by atoms with Gasteiger partial charge in [0.05, 0.1) is 10.6 Å². The van der Waals surface area contributed by atoms with Crippen LogP contribution in [0.15, 0.2) is 88.7 Å². The fourth-order valence-electron chi connectivity index (χ4n) is 3.88. The molecule has 7 heteroatoms. The maximum absolute atomic E-state index is 13.3. The molecule has 1 N–H and O–H groups in total. The van der Waals surface area contributed by atoms with Crippen LogP contribution in [0.1, 0.15) is 17.5 Å². The molecule has 0 unspecified atom stereocenters. The highest BCUT2D eigenvalue weighted by molar-refractivity contribution is 8.04. The zero-order chi connectivity index (χ0) is 24.6. The van der Waals surface area contributed by atoms with Crippen molar-refractivity contribution in [3.8, 4) is 0 Å². The Hall–Kier alpha value is -3.06. The van der Waals surface area contributed by atoms with Crippen molar-refractivity contribution in [1.29, 1.82) is 0 Å². The Morgan fingerprint density at radius 1 is 1.03 bits per heavy atom. The van der Waals surface area contributed by atoms with Gasteiger partial charge in [-0.05, 0) is 61.5 Å². The second-order valence-corrected chi connectivity index (χ2v) is 9.97. The predicted octanol–water partition coefficient (Wildman–Crippen LogP) is 5.46. The Bertz CT molecular complexity index is 1200. The van der Waals surface area contributed by atoms with Gasteiger partial charge in [0.2, 0.25) is 5.91 Å². The summed E-state index contributed by atoms with van der Waals surface area (Å²) in [6, 6.07) is 25.3. The second-order valence-electron chi connectivity index (χ2n) is 8.45. The number of fused-ring (bicyclic) bond motifs is 1. The Morgan fingerprint density at radius 3 is 2.51 bits per heavy atom. The minimum Gasteiger partial charge on any atom is -0.355 e. The number of halogens is 1. The van der Waals surface area contributed by atoms with Crippen molar-refractivity contribution in [2.24, 2.45) is 0 Å². The van der Waals surface area contributed by atoms with Crippen LogP contribution in [-0.4, -0.2) is 43.4 Å². The van der Waals surface area contributed by atoms with Crippen molar-refractivity contribution >= 4 is 46.9 Å². The van der Waals surface area contributed by atoms with E-state index in [0.29, 0.717) is 16.5 Å². The monoisotopic (exact) mass is 505 g/mol. The molecule has 3 aromatic carbocycles. The molecule has 1 aliphatic rings. The minimum absolute atomic E-state index is 0.0196. The van der Waals surface area contributed by atoms with Crippen LogP contribution >= 0.6 is 23.4 Å². The first-order valence-electron chi connectivity index (χ1n) is 11.5. The van der Waals surface area contributed by atoms with Crippen LogP contribution in [-0.2, 0) is 16.1 Å². The van der Waals surface area contributed by atoms with Crippen molar-refractivity contribution < 1.29 is 9.59 Å². The summed E-state index contributed by atoms with van der Waals surface area (Å²) in [5.41, 5.74) is 2.91. The lowest BCUT2D eigenvalue weighted by molar-refractivity contribution is -0.122. The average molecular weight is 506 g/mol. The van der Waals surface area contributed by atoms with E-state index in [9.17, 15) is 9.59 Å². The highest BCUT2D eigenvalue weighted by Gasteiger charge is 2.30. The standard InChI is InChI=1S/C28H28ClN3O2S/c1-31(19-22-8-3-2-4-9-22)17-7-16-30-27(33)20-32-24-10-5-6-11-25(24)35-26(28(32)34)18-21-12-14-23(29)15-13-21/h2-6,8-15,18H,7,16-17,19-20H2,1H3,(H,30,33)/b26-18-. The normalized spacial score (nSPS) is 14.3. The van der Waals surface area contributed by atoms with E-state index in [2.05, 4.69) is 29.4 Å². The zero-order valence-corrected chi connectivity index (χ0v) is 21.2. The van der Waals surface area contributed by atoms with E-state index in [1.54, 1.807) is 17.0 Å². The van der Waals surface area contributed by atoms with Crippen LogP contribution in [0.5, 0.6) is 0 Å². The number of nitrogens with one attached hydrogen (secondary N) is 1. The largest absolute Gasteiger partial charge is 0.355 e. The van der Waals surface area contributed by atoms with Crippen molar-refractivity contribution in [1.82, 2.24) is 10.2 Å². The third kappa shape index (κ3) is 6.98. The number of thioether (sulfide) groups is 1. The summed E-state index contributed by atoms with van der Waals surface area (Å²) < 4.78 is 0. The fraction of sp³-hybridized carbons (Fsp3) is 0.214. The molecule has 2 amide bonds. The number of carbonyl (C=O) groups excluding carboxylic acids is 2. The summed E-state index contributed by atoms with van der Waals surface area (Å²) in [4.78, 5) is 31.4. The molecule has 1 aliphatic heterocycles. The Labute approximate surface area is 215 Å². The zero-order valence-electron chi connectivity index (χ0n) is 19.6. The lowest BCUT2D eigenvalue weighted by Crippen LogP contribution is -2.43. The van der Waals surface area contributed by atoms with Crippen LogP contribution in [0.4, 0.5) is 5.69 Å². The average Bonchev–Trinajstić information content (AvgIpc) is 2.86. The van der Waals surface area contributed by atoms with Crippen molar-refractivity contribution in [3.63, 3.8) is 0 Å². The lowest BCUT2D eigenvalue weighted by atomic mass is 10.2. The SMILES string of the molecule is CN(CCCNC(=O)CN1C(=O)/C(=C/c2ccc(Cl)cc2)Sc2ccccc21)Cc1ccccc1. The van der Waals surface area contributed by atoms with Crippen LogP contribution < -0.4 is 10.2 Å². The van der Waals surface area contributed by atoms with Crippen LogP contribution in [0.25, 0.3) is 6.08 Å². The van der Waals surface area contributed by atoms with Gasteiger partial charge in [0, 0.05) is 23.0 Å². The molecule has 0 atom stereocenters. The molecule has 0 spiro atoms. The number of amides is 2. The molecule has 35 heavy (non-hydrogen) atoms.